The molecule has 0 bridgehead atoms. The topological polar surface area (TPSA) is 114 Å². The van der Waals surface area contributed by atoms with Crippen molar-refractivity contribution in [3.05, 3.63) is 59.7 Å². The molecule has 0 unspecified atom stereocenters. The molecule has 10 heteroatoms. The number of rotatable bonds is 16. The molecule has 2 aromatic rings. The third-order valence-electron chi connectivity index (χ3n) is 5.95. The minimum Gasteiger partial charge on any atom is -0.497 e. The van der Waals surface area contributed by atoms with E-state index in [9.17, 15) is 18.0 Å². The highest BCUT2D eigenvalue weighted by Gasteiger charge is 2.26. The van der Waals surface area contributed by atoms with Gasteiger partial charge in [-0.25, -0.2) is 13.1 Å². The number of ether oxygens (including phenoxy) is 2. The number of amides is 2. The Morgan fingerprint density at radius 3 is 2.18 bits per heavy atom. The molecule has 1 atom stereocenters. The highest BCUT2D eigenvalue weighted by Crippen LogP contribution is 2.17. The normalized spacial score (nSPS) is 12.3. The lowest BCUT2D eigenvalue weighted by Gasteiger charge is -2.29. The van der Waals surface area contributed by atoms with Crippen LogP contribution < -0.4 is 14.8 Å². The number of nitrogens with one attached hydrogen (secondary N) is 2. The molecule has 0 spiro atoms. The van der Waals surface area contributed by atoms with E-state index >= 15 is 0 Å². The first-order valence-electron chi connectivity index (χ1n) is 13.0. The van der Waals surface area contributed by atoms with Gasteiger partial charge in [-0.15, -0.1) is 0 Å². The average molecular weight is 548 g/mol. The van der Waals surface area contributed by atoms with Crippen LogP contribution in [-0.2, 0) is 37.3 Å². The molecule has 0 aromatic heterocycles. The van der Waals surface area contributed by atoms with Crippen LogP contribution in [0.1, 0.15) is 51.7 Å². The Bertz CT molecular complexity index is 1120. The van der Waals surface area contributed by atoms with Crippen LogP contribution in [0, 0.1) is 0 Å². The molecule has 2 aromatic carbocycles. The van der Waals surface area contributed by atoms with Gasteiger partial charge in [0.05, 0.1) is 18.1 Å². The van der Waals surface area contributed by atoms with E-state index in [1.807, 2.05) is 38.1 Å². The van der Waals surface area contributed by atoms with E-state index in [1.54, 1.807) is 38.0 Å². The van der Waals surface area contributed by atoms with Gasteiger partial charge < -0.3 is 19.7 Å². The van der Waals surface area contributed by atoms with Crippen molar-refractivity contribution in [1.82, 2.24) is 14.9 Å². The summed E-state index contributed by atoms with van der Waals surface area (Å²) >= 11 is 0. The fourth-order valence-corrected chi connectivity index (χ4v) is 4.81. The second-order valence-electron chi connectivity index (χ2n) is 9.26. The molecule has 210 valence electrons. The van der Waals surface area contributed by atoms with Gasteiger partial charge in [0.15, 0.2) is 0 Å². The summed E-state index contributed by atoms with van der Waals surface area (Å²) < 4.78 is 37.5. The fraction of sp³-hybridized carbons (Fsp3) is 0.500. The molecule has 9 nitrogen and oxygen atoms in total. The Balaban J connectivity index is 2.08. The summed E-state index contributed by atoms with van der Waals surface area (Å²) in [5, 5.41) is 2.90. The number of hydrogen-bond donors (Lipinski definition) is 2. The monoisotopic (exact) mass is 547 g/mol. The second-order valence-corrected chi connectivity index (χ2v) is 11.0. The Labute approximate surface area is 226 Å². The Hall–Kier alpha value is -2.95. The number of nitrogens with zero attached hydrogens (tertiary/aromatic N) is 1. The molecule has 0 saturated carbocycles. The lowest BCUT2D eigenvalue weighted by molar-refractivity contribution is -0.140. The number of hydrogen-bond acceptors (Lipinski definition) is 6. The third-order valence-corrected chi connectivity index (χ3v) is 7.51. The predicted molar refractivity (Wildman–Crippen MR) is 147 cm³/mol. The number of carbonyl (C=O) groups is 2. The van der Waals surface area contributed by atoms with Crippen LogP contribution in [0.4, 0.5) is 0 Å². The van der Waals surface area contributed by atoms with Crippen LogP contribution in [-0.4, -0.2) is 64.1 Å². The third kappa shape index (κ3) is 10.1. The Morgan fingerprint density at radius 2 is 1.61 bits per heavy atom. The summed E-state index contributed by atoms with van der Waals surface area (Å²) in [5.74, 6) is 0.311. The largest absolute Gasteiger partial charge is 0.497 e. The smallest absolute Gasteiger partial charge is 0.242 e. The van der Waals surface area contributed by atoms with Crippen molar-refractivity contribution in [1.29, 1.82) is 0 Å². The van der Waals surface area contributed by atoms with Crippen molar-refractivity contribution in [3.63, 3.8) is 0 Å². The van der Waals surface area contributed by atoms with E-state index in [2.05, 4.69) is 10.0 Å². The zero-order valence-electron chi connectivity index (χ0n) is 23.0. The second kappa shape index (κ2) is 15.5. The lowest BCUT2D eigenvalue weighted by atomic mass is 10.1. The predicted octanol–water partition coefficient (Wildman–Crippen LogP) is 3.27. The summed E-state index contributed by atoms with van der Waals surface area (Å²) in [4.78, 5) is 28.0. The summed E-state index contributed by atoms with van der Waals surface area (Å²) in [5.41, 5.74) is 1.71. The maximum atomic E-state index is 13.3. The van der Waals surface area contributed by atoms with Gasteiger partial charge in [-0.3, -0.25) is 9.59 Å². The number of methoxy groups -OCH3 is 1. The van der Waals surface area contributed by atoms with Gasteiger partial charge >= 0.3 is 0 Å². The number of sulfonamides is 1. The molecule has 0 aliphatic heterocycles. The van der Waals surface area contributed by atoms with Gasteiger partial charge in [-0.1, -0.05) is 31.2 Å². The van der Waals surface area contributed by atoms with E-state index in [1.165, 1.54) is 12.1 Å². The highest BCUT2D eigenvalue weighted by atomic mass is 32.2. The summed E-state index contributed by atoms with van der Waals surface area (Å²) in [6.45, 7) is 8.96. The van der Waals surface area contributed by atoms with Crippen LogP contribution in [0.5, 0.6) is 5.75 Å². The van der Waals surface area contributed by atoms with Gasteiger partial charge in [0.2, 0.25) is 21.8 Å². The highest BCUT2D eigenvalue weighted by molar-refractivity contribution is 7.89. The van der Waals surface area contributed by atoms with Crippen LogP contribution in [0.3, 0.4) is 0 Å². The molecule has 2 amide bonds. The van der Waals surface area contributed by atoms with E-state index < -0.39 is 16.1 Å². The van der Waals surface area contributed by atoms with Gasteiger partial charge in [0.25, 0.3) is 0 Å². The van der Waals surface area contributed by atoms with Crippen LogP contribution in [0.2, 0.25) is 0 Å². The van der Waals surface area contributed by atoms with Crippen molar-refractivity contribution in [2.24, 2.45) is 0 Å². The van der Waals surface area contributed by atoms with Gasteiger partial charge in [0.1, 0.15) is 11.8 Å². The van der Waals surface area contributed by atoms with Gasteiger partial charge in [0, 0.05) is 32.7 Å². The summed E-state index contributed by atoms with van der Waals surface area (Å²) in [6.07, 6.45) is 1.41. The minimum absolute atomic E-state index is 0.135. The first kappa shape index (κ1) is 31.3. The van der Waals surface area contributed by atoms with E-state index in [0.717, 1.165) is 11.1 Å². The Morgan fingerprint density at radius 1 is 0.974 bits per heavy atom. The van der Waals surface area contributed by atoms with Crippen molar-refractivity contribution in [2.75, 3.05) is 26.8 Å². The number of benzene rings is 2. The number of aryl methyl sites for hydroxylation is 1. The molecule has 0 fully saturated rings. The molecule has 0 heterocycles. The average Bonchev–Trinajstić information content (AvgIpc) is 2.90. The van der Waals surface area contributed by atoms with Gasteiger partial charge in [-0.2, -0.15) is 0 Å². The van der Waals surface area contributed by atoms with Gasteiger partial charge in [-0.05, 0) is 69.0 Å². The first-order valence-corrected chi connectivity index (χ1v) is 14.5. The van der Waals surface area contributed by atoms with Crippen molar-refractivity contribution < 1.29 is 27.5 Å². The lowest BCUT2D eigenvalue weighted by Crippen LogP contribution is -2.48. The quantitative estimate of drug-likeness (QED) is 0.312. The molecule has 0 saturated heterocycles. The van der Waals surface area contributed by atoms with Crippen LogP contribution in [0.25, 0.3) is 0 Å². The maximum absolute atomic E-state index is 13.3. The van der Waals surface area contributed by atoms with E-state index in [-0.39, 0.29) is 35.8 Å². The van der Waals surface area contributed by atoms with E-state index in [0.29, 0.717) is 38.3 Å². The molecule has 38 heavy (non-hydrogen) atoms. The standard InChI is InChI=1S/C28H41N3O6S/c1-6-30-38(34,35)26-15-10-23(11-16-26)12-17-27(32)31(20-24-8-13-25(36-5)14-9-24)22(4)28(33)29-18-7-19-37-21(2)3/h8-11,13-16,21-22,30H,6-7,12,17-20H2,1-5H3,(H,29,33)/t22-/m0/s1. The summed E-state index contributed by atoms with van der Waals surface area (Å²) in [7, 11) is -1.95. The SMILES string of the molecule is CCNS(=O)(=O)c1ccc(CCC(=O)N(Cc2ccc(OC)cc2)[C@@H](C)C(=O)NCCCOC(C)C)cc1. The minimum atomic E-state index is -3.53. The van der Waals surface area contributed by atoms with E-state index in [4.69, 9.17) is 9.47 Å². The molecule has 2 rings (SSSR count). The molecule has 0 aliphatic rings. The van der Waals surface area contributed by atoms with Crippen LogP contribution in [0.15, 0.2) is 53.4 Å². The zero-order chi connectivity index (χ0) is 28.1. The maximum Gasteiger partial charge on any atom is 0.242 e. The molecule has 0 radical (unpaired) electrons. The van der Waals surface area contributed by atoms with Crippen LogP contribution >= 0.6 is 0 Å². The molecular formula is C28H41N3O6S. The molecular weight excluding hydrogens is 506 g/mol. The summed E-state index contributed by atoms with van der Waals surface area (Å²) in [6, 6.07) is 13.2. The molecule has 2 N–H and O–H groups in total. The van der Waals surface area contributed by atoms with Crippen molar-refractivity contribution >= 4 is 21.8 Å². The number of carbonyl (C=O) groups excluding carboxylic acids is 2. The zero-order valence-corrected chi connectivity index (χ0v) is 23.8. The first-order chi connectivity index (χ1) is 18.1. The fourth-order valence-electron chi connectivity index (χ4n) is 3.76. The molecule has 0 aliphatic carbocycles. The Kier molecular flexibility index (Phi) is 12.7. The van der Waals surface area contributed by atoms with Crippen molar-refractivity contribution in [2.45, 2.75) is 70.5 Å². The van der Waals surface area contributed by atoms with Crippen molar-refractivity contribution in [3.8, 4) is 5.75 Å².